The van der Waals surface area contributed by atoms with Crippen molar-refractivity contribution < 1.29 is 0 Å². The zero-order valence-electron chi connectivity index (χ0n) is 9.03. The summed E-state index contributed by atoms with van der Waals surface area (Å²) in [5.74, 6) is 0.805. The Morgan fingerprint density at radius 1 is 1.38 bits per heavy atom. The summed E-state index contributed by atoms with van der Waals surface area (Å²) < 4.78 is 0. The SMILES string of the molecule is Cc1cc(Cl)cc(N(C)c2n[nH]c(N)n2)c1. The van der Waals surface area contributed by atoms with Crippen LogP contribution >= 0.6 is 11.6 Å². The Labute approximate surface area is 98.2 Å². The average Bonchev–Trinajstić information content (AvgIpc) is 2.62. The van der Waals surface area contributed by atoms with Crippen LogP contribution in [0.1, 0.15) is 5.56 Å². The first kappa shape index (κ1) is 10.8. The Kier molecular flexibility index (Phi) is 2.70. The van der Waals surface area contributed by atoms with Crippen LogP contribution in [0.15, 0.2) is 18.2 Å². The minimum absolute atomic E-state index is 0.292. The molecule has 84 valence electrons. The van der Waals surface area contributed by atoms with Crippen LogP contribution in [0.4, 0.5) is 17.6 Å². The molecular weight excluding hydrogens is 226 g/mol. The number of hydrogen-bond acceptors (Lipinski definition) is 4. The molecule has 6 heteroatoms. The van der Waals surface area contributed by atoms with E-state index in [1.165, 1.54) is 0 Å². The van der Waals surface area contributed by atoms with Crippen LogP contribution in [0, 0.1) is 6.92 Å². The van der Waals surface area contributed by atoms with Gasteiger partial charge in [-0.05, 0) is 30.7 Å². The number of nitrogen functional groups attached to an aromatic ring is 1. The summed E-state index contributed by atoms with van der Waals surface area (Å²) in [6.45, 7) is 1.98. The second-order valence-corrected chi connectivity index (χ2v) is 4.00. The molecule has 0 amide bonds. The Morgan fingerprint density at radius 2 is 2.12 bits per heavy atom. The highest BCUT2D eigenvalue weighted by atomic mass is 35.5. The maximum absolute atomic E-state index is 5.99. The molecule has 1 aromatic heterocycles. The lowest BCUT2D eigenvalue weighted by molar-refractivity contribution is 1.03. The van der Waals surface area contributed by atoms with E-state index in [0.717, 1.165) is 11.3 Å². The third-order valence-corrected chi connectivity index (χ3v) is 2.42. The number of aromatic nitrogens is 3. The van der Waals surface area contributed by atoms with Gasteiger partial charge in [0.2, 0.25) is 5.95 Å². The highest BCUT2D eigenvalue weighted by Crippen LogP contribution is 2.25. The van der Waals surface area contributed by atoms with Gasteiger partial charge in [-0.25, -0.2) is 5.10 Å². The van der Waals surface area contributed by atoms with Crippen molar-refractivity contribution >= 4 is 29.2 Å². The molecule has 2 aromatic rings. The molecule has 16 heavy (non-hydrogen) atoms. The molecule has 5 nitrogen and oxygen atoms in total. The number of anilines is 3. The van der Waals surface area contributed by atoms with E-state index in [9.17, 15) is 0 Å². The van der Waals surface area contributed by atoms with E-state index in [-0.39, 0.29) is 0 Å². The van der Waals surface area contributed by atoms with Crippen LogP contribution < -0.4 is 10.6 Å². The van der Waals surface area contributed by atoms with Crippen LogP contribution in [0.3, 0.4) is 0 Å². The molecular formula is C10H12ClN5. The van der Waals surface area contributed by atoms with Crippen LogP contribution in [0.5, 0.6) is 0 Å². The number of aryl methyl sites for hydroxylation is 1. The third-order valence-electron chi connectivity index (χ3n) is 2.21. The highest BCUT2D eigenvalue weighted by molar-refractivity contribution is 6.30. The summed E-state index contributed by atoms with van der Waals surface area (Å²) in [5.41, 5.74) is 7.47. The summed E-state index contributed by atoms with van der Waals surface area (Å²) in [5, 5.41) is 7.25. The standard InChI is InChI=1S/C10H12ClN5/c1-6-3-7(11)5-8(4-6)16(2)10-13-9(12)14-15-10/h3-5H,1-2H3,(H3,12,13,14,15). The number of halogens is 1. The summed E-state index contributed by atoms with van der Waals surface area (Å²) in [6.07, 6.45) is 0. The second-order valence-electron chi connectivity index (χ2n) is 3.57. The molecule has 0 spiro atoms. The van der Waals surface area contributed by atoms with E-state index in [2.05, 4.69) is 15.2 Å². The summed E-state index contributed by atoms with van der Waals surface area (Å²) in [7, 11) is 1.85. The fourth-order valence-electron chi connectivity index (χ4n) is 1.44. The van der Waals surface area contributed by atoms with Crippen molar-refractivity contribution in [1.82, 2.24) is 15.2 Å². The predicted molar refractivity (Wildman–Crippen MR) is 65.0 cm³/mol. The maximum Gasteiger partial charge on any atom is 0.250 e. The van der Waals surface area contributed by atoms with Gasteiger partial charge in [0, 0.05) is 17.8 Å². The quantitative estimate of drug-likeness (QED) is 0.839. The number of nitrogens with two attached hydrogens (primary N) is 1. The molecule has 0 aliphatic rings. The van der Waals surface area contributed by atoms with Crippen molar-refractivity contribution in [2.45, 2.75) is 6.92 Å². The number of nitrogens with zero attached hydrogens (tertiary/aromatic N) is 3. The van der Waals surface area contributed by atoms with Crippen LogP contribution in [0.2, 0.25) is 5.02 Å². The summed E-state index contributed by atoms with van der Waals surface area (Å²) in [4.78, 5) is 5.85. The van der Waals surface area contributed by atoms with Crippen LogP contribution in [-0.4, -0.2) is 22.2 Å². The smallest absolute Gasteiger partial charge is 0.250 e. The monoisotopic (exact) mass is 237 g/mol. The van der Waals surface area contributed by atoms with Gasteiger partial charge < -0.3 is 10.6 Å². The predicted octanol–water partition coefficient (Wildman–Crippen LogP) is 2.12. The summed E-state index contributed by atoms with van der Waals surface area (Å²) >= 11 is 5.99. The highest BCUT2D eigenvalue weighted by Gasteiger charge is 2.09. The average molecular weight is 238 g/mol. The molecule has 0 unspecified atom stereocenters. The Balaban J connectivity index is 2.37. The van der Waals surface area contributed by atoms with Crippen molar-refractivity contribution in [1.29, 1.82) is 0 Å². The largest absolute Gasteiger partial charge is 0.368 e. The zero-order valence-corrected chi connectivity index (χ0v) is 9.78. The fourth-order valence-corrected chi connectivity index (χ4v) is 1.73. The normalized spacial score (nSPS) is 10.4. The first-order chi connectivity index (χ1) is 7.56. The second kappa shape index (κ2) is 4.02. The van der Waals surface area contributed by atoms with E-state index in [4.69, 9.17) is 17.3 Å². The van der Waals surface area contributed by atoms with Crippen molar-refractivity contribution in [3.05, 3.63) is 28.8 Å². The molecule has 0 radical (unpaired) electrons. The van der Waals surface area contributed by atoms with Crippen molar-refractivity contribution in [2.24, 2.45) is 0 Å². The number of nitrogens with one attached hydrogen (secondary N) is 1. The minimum atomic E-state index is 0.292. The summed E-state index contributed by atoms with van der Waals surface area (Å²) in [6, 6.07) is 5.74. The van der Waals surface area contributed by atoms with E-state index in [0.29, 0.717) is 16.9 Å². The first-order valence-corrected chi connectivity index (χ1v) is 5.13. The Bertz CT molecular complexity index is 487. The molecule has 1 heterocycles. The molecule has 0 aliphatic carbocycles. The number of rotatable bonds is 2. The lowest BCUT2D eigenvalue weighted by Gasteiger charge is -2.15. The first-order valence-electron chi connectivity index (χ1n) is 4.75. The van der Waals surface area contributed by atoms with Gasteiger partial charge in [-0.3, -0.25) is 0 Å². The lowest BCUT2D eigenvalue weighted by atomic mass is 10.2. The topological polar surface area (TPSA) is 70.8 Å². The van der Waals surface area contributed by atoms with Gasteiger partial charge in [0.15, 0.2) is 0 Å². The molecule has 3 N–H and O–H groups in total. The molecule has 0 saturated heterocycles. The van der Waals surface area contributed by atoms with Gasteiger partial charge in [-0.2, -0.15) is 4.98 Å². The third kappa shape index (κ3) is 2.09. The maximum atomic E-state index is 5.99. The Hall–Kier alpha value is -1.75. The number of benzene rings is 1. The molecule has 0 atom stereocenters. The van der Waals surface area contributed by atoms with Crippen molar-refractivity contribution in [3.8, 4) is 0 Å². The van der Waals surface area contributed by atoms with Crippen LogP contribution in [0.25, 0.3) is 0 Å². The number of hydrogen-bond donors (Lipinski definition) is 2. The van der Waals surface area contributed by atoms with E-state index in [1.54, 1.807) is 0 Å². The lowest BCUT2D eigenvalue weighted by Crippen LogP contribution is -2.11. The zero-order chi connectivity index (χ0) is 11.7. The number of aromatic amines is 1. The molecule has 2 rings (SSSR count). The molecule has 0 bridgehead atoms. The molecule has 0 aliphatic heterocycles. The molecule has 0 saturated carbocycles. The van der Waals surface area contributed by atoms with Crippen molar-refractivity contribution in [3.63, 3.8) is 0 Å². The minimum Gasteiger partial charge on any atom is -0.368 e. The van der Waals surface area contributed by atoms with Gasteiger partial charge in [0.1, 0.15) is 0 Å². The van der Waals surface area contributed by atoms with Gasteiger partial charge in [0.25, 0.3) is 5.95 Å². The van der Waals surface area contributed by atoms with Gasteiger partial charge in [-0.1, -0.05) is 11.6 Å². The molecule has 1 aromatic carbocycles. The van der Waals surface area contributed by atoms with E-state index < -0.39 is 0 Å². The fraction of sp³-hybridized carbons (Fsp3) is 0.200. The number of H-pyrrole nitrogens is 1. The van der Waals surface area contributed by atoms with Gasteiger partial charge >= 0.3 is 0 Å². The van der Waals surface area contributed by atoms with E-state index in [1.807, 2.05) is 37.1 Å². The van der Waals surface area contributed by atoms with Crippen LogP contribution in [-0.2, 0) is 0 Å². The Morgan fingerprint density at radius 3 is 2.69 bits per heavy atom. The van der Waals surface area contributed by atoms with Gasteiger partial charge in [0.05, 0.1) is 0 Å². The van der Waals surface area contributed by atoms with Gasteiger partial charge in [-0.15, -0.1) is 5.10 Å². The van der Waals surface area contributed by atoms with Crippen molar-refractivity contribution in [2.75, 3.05) is 17.7 Å². The van der Waals surface area contributed by atoms with E-state index >= 15 is 0 Å². The molecule has 0 fully saturated rings.